The third-order valence-electron chi connectivity index (χ3n) is 4.16. The number of ether oxygens (including phenoxy) is 1. The first-order chi connectivity index (χ1) is 14.9. The van der Waals surface area contributed by atoms with Crippen molar-refractivity contribution in [2.24, 2.45) is 0 Å². The number of carbonyl (C=O) groups is 1. The number of hydrogen-bond donors (Lipinski definition) is 2. The van der Waals surface area contributed by atoms with Gasteiger partial charge in [-0.2, -0.15) is 26.3 Å². The lowest BCUT2D eigenvalue weighted by molar-refractivity contribution is -0.143. The van der Waals surface area contributed by atoms with Gasteiger partial charge in [0.2, 0.25) is 5.88 Å². The molecule has 1 heterocycles. The molecular weight excluding hydrogens is 471 g/mol. The zero-order chi connectivity index (χ0) is 23.7. The Morgan fingerprint density at radius 2 is 1.81 bits per heavy atom. The van der Waals surface area contributed by atoms with Crippen LogP contribution in [0.15, 0.2) is 54.4 Å². The average molecular weight is 484 g/mol. The van der Waals surface area contributed by atoms with Gasteiger partial charge in [0.1, 0.15) is 11.9 Å². The highest BCUT2D eigenvalue weighted by Crippen LogP contribution is 2.36. The first kappa shape index (κ1) is 23.7. The number of nitrogens with one attached hydrogen (secondary N) is 2. The molecule has 0 aromatic heterocycles. The molecule has 2 aromatic carbocycles. The first-order valence-corrected chi connectivity index (χ1v) is 9.13. The predicted octanol–water partition coefficient (Wildman–Crippen LogP) is 5.25. The summed E-state index contributed by atoms with van der Waals surface area (Å²) < 4.78 is 96.9. The van der Waals surface area contributed by atoms with Gasteiger partial charge >= 0.3 is 12.4 Å². The van der Waals surface area contributed by atoms with Gasteiger partial charge in [-0.05, 0) is 30.3 Å². The van der Waals surface area contributed by atoms with Crippen LogP contribution in [0.1, 0.15) is 5.56 Å². The van der Waals surface area contributed by atoms with Gasteiger partial charge in [0.15, 0.2) is 6.61 Å². The number of alkyl halides is 6. The summed E-state index contributed by atoms with van der Waals surface area (Å²) in [6.45, 7) is -0.937. The van der Waals surface area contributed by atoms with Gasteiger partial charge in [-0.25, -0.2) is 14.8 Å². The summed E-state index contributed by atoms with van der Waals surface area (Å²) in [6.07, 6.45) is -9.01. The van der Waals surface area contributed by atoms with Crippen LogP contribution in [-0.2, 0) is 15.7 Å². The van der Waals surface area contributed by atoms with Crippen LogP contribution in [0.3, 0.4) is 0 Å². The number of hydrazine groups is 1. The third kappa shape index (κ3) is 5.43. The molecule has 2 N–H and O–H groups in total. The van der Waals surface area contributed by atoms with E-state index in [4.69, 9.17) is 16.3 Å². The van der Waals surface area contributed by atoms with E-state index in [1.54, 1.807) is 6.07 Å². The Hall–Kier alpha value is -2.99. The van der Waals surface area contributed by atoms with Crippen molar-refractivity contribution in [3.05, 3.63) is 70.8 Å². The zero-order valence-corrected chi connectivity index (χ0v) is 16.4. The topological polar surface area (TPSA) is 53.6 Å². The quantitative estimate of drug-likeness (QED) is 0.570. The van der Waals surface area contributed by atoms with Crippen LogP contribution < -0.4 is 15.8 Å². The molecule has 2 aromatic rings. The molecule has 0 saturated heterocycles. The lowest BCUT2D eigenvalue weighted by atomic mass is 10.1. The smallest absolute Gasteiger partial charge is 0.418 e. The summed E-state index contributed by atoms with van der Waals surface area (Å²) in [5.41, 5.74) is 0.0569. The molecule has 13 heteroatoms. The van der Waals surface area contributed by atoms with Crippen molar-refractivity contribution < 1.29 is 40.3 Å². The van der Waals surface area contributed by atoms with Crippen LogP contribution in [0.2, 0.25) is 5.02 Å². The fourth-order valence-corrected chi connectivity index (χ4v) is 2.96. The minimum absolute atomic E-state index is 0.0721. The molecule has 5 nitrogen and oxygen atoms in total. The largest absolute Gasteiger partial charge is 0.468 e. The molecule has 1 amide bonds. The Morgan fingerprint density at radius 1 is 1.12 bits per heavy atom. The van der Waals surface area contributed by atoms with Crippen molar-refractivity contribution in [1.29, 1.82) is 0 Å². The van der Waals surface area contributed by atoms with Crippen molar-refractivity contribution in [2.75, 3.05) is 16.9 Å². The van der Waals surface area contributed by atoms with Gasteiger partial charge in [-0.15, -0.1) is 0 Å². The molecule has 0 aliphatic carbocycles. The normalized spacial score (nSPS) is 16.7. The summed E-state index contributed by atoms with van der Waals surface area (Å²) in [5.74, 6) is -2.72. The maximum atomic E-state index is 13.2. The molecule has 0 radical (unpaired) electrons. The summed E-state index contributed by atoms with van der Waals surface area (Å²) in [6, 6.07) is 5.31. The molecule has 0 spiro atoms. The molecule has 0 bridgehead atoms. The first-order valence-electron chi connectivity index (χ1n) is 8.75. The molecule has 3 rings (SSSR count). The van der Waals surface area contributed by atoms with Gasteiger partial charge in [0.25, 0.3) is 5.91 Å². The number of benzene rings is 2. The number of rotatable bonds is 5. The van der Waals surface area contributed by atoms with E-state index in [9.17, 15) is 35.5 Å². The zero-order valence-electron chi connectivity index (χ0n) is 15.7. The fraction of sp³-hybridized carbons (Fsp3) is 0.211. The maximum absolute atomic E-state index is 13.2. The van der Waals surface area contributed by atoms with E-state index in [0.29, 0.717) is 18.2 Å². The summed E-state index contributed by atoms with van der Waals surface area (Å²) in [4.78, 5) is 12.1. The molecule has 1 unspecified atom stereocenters. The van der Waals surface area contributed by atoms with E-state index >= 15 is 0 Å². The molecule has 32 heavy (non-hydrogen) atoms. The standard InChI is InChI=1S/C19H13ClF7N3O2/c20-12-3-1-2-4-14(12)30-17(8-15(29-30)19(25,26)27)32-9-16(31)28-13-6-5-10(21)7-11(13)18(22,23)24/h1-8,15,29H,9H2,(H,28,31). The monoisotopic (exact) mass is 483 g/mol. The second-order valence-corrected chi connectivity index (χ2v) is 6.87. The molecule has 1 aliphatic heterocycles. The van der Waals surface area contributed by atoms with Gasteiger partial charge in [-0.3, -0.25) is 4.79 Å². The summed E-state index contributed by atoms with van der Waals surface area (Å²) >= 11 is 6.01. The average Bonchev–Trinajstić information content (AvgIpc) is 3.12. The molecule has 0 saturated carbocycles. The molecule has 1 atom stereocenters. The van der Waals surface area contributed by atoms with Gasteiger partial charge in [0.05, 0.1) is 22.0 Å². The predicted molar refractivity (Wildman–Crippen MR) is 101 cm³/mol. The third-order valence-corrected chi connectivity index (χ3v) is 4.48. The highest BCUT2D eigenvalue weighted by molar-refractivity contribution is 6.33. The molecule has 1 aliphatic rings. The minimum atomic E-state index is -4.95. The van der Waals surface area contributed by atoms with E-state index < -0.39 is 53.9 Å². The number of para-hydroxylation sites is 1. The van der Waals surface area contributed by atoms with E-state index in [2.05, 4.69) is 5.43 Å². The van der Waals surface area contributed by atoms with Crippen molar-refractivity contribution in [3.63, 3.8) is 0 Å². The Labute approximate surface area is 181 Å². The van der Waals surface area contributed by atoms with E-state index in [0.717, 1.165) is 5.01 Å². The fourth-order valence-electron chi connectivity index (χ4n) is 2.74. The number of halogens is 8. The van der Waals surface area contributed by atoms with Gasteiger partial charge in [0, 0.05) is 6.08 Å². The number of nitrogens with zero attached hydrogens (tertiary/aromatic N) is 1. The SMILES string of the molecule is O=C(COC1=CC(C(F)(F)F)NN1c1ccccc1Cl)Nc1ccc(F)cc1C(F)(F)F. The van der Waals surface area contributed by atoms with Crippen LogP contribution >= 0.6 is 11.6 Å². The van der Waals surface area contributed by atoms with Crippen LogP contribution in [0.25, 0.3) is 0 Å². The summed E-state index contributed by atoms with van der Waals surface area (Å²) in [5, 5.41) is 2.85. The van der Waals surface area contributed by atoms with Crippen molar-refractivity contribution in [2.45, 2.75) is 18.4 Å². The van der Waals surface area contributed by atoms with E-state index in [1.807, 2.05) is 5.32 Å². The minimum Gasteiger partial charge on any atom is -0.468 e. The second-order valence-electron chi connectivity index (χ2n) is 6.46. The van der Waals surface area contributed by atoms with Crippen LogP contribution in [0, 0.1) is 5.82 Å². The molecular formula is C19H13ClF7N3O2. The highest BCUT2D eigenvalue weighted by Gasteiger charge is 2.44. The van der Waals surface area contributed by atoms with E-state index in [-0.39, 0.29) is 16.8 Å². The number of anilines is 2. The summed E-state index contributed by atoms with van der Waals surface area (Å²) in [7, 11) is 0. The van der Waals surface area contributed by atoms with Crippen LogP contribution in [0.5, 0.6) is 0 Å². The molecule has 172 valence electrons. The maximum Gasteiger partial charge on any atom is 0.418 e. The van der Waals surface area contributed by atoms with E-state index in [1.165, 1.54) is 18.2 Å². The Kier molecular flexibility index (Phi) is 6.56. The van der Waals surface area contributed by atoms with Crippen molar-refractivity contribution in [3.8, 4) is 0 Å². The van der Waals surface area contributed by atoms with Crippen LogP contribution in [-0.4, -0.2) is 24.7 Å². The lowest BCUT2D eigenvalue weighted by Crippen LogP contribution is -2.45. The van der Waals surface area contributed by atoms with Crippen molar-refractivity contribution >= 4 is 28.9 Å². The number of hydrogen-bond acceptors (Lipinski definition) is 4. The number of carbonyl (C=O) groups excluding carboxylic acids is 1. The Morgan fingerprint density at radius 3 is 2.44 bits per heavy atom. The second kappa shape index (κ2) is 8.87. The Balaban J connectivity index is 1.77. The number of amides is 1. The Bertz CT molecular complexity index is 1040. The van der Waals surface area contributed by atoms with Gasteiger partial charge in [-0.1, -0.05) is 23.7 Å². The van der Waals surface area contributed by atoms with Crippen LogP contribution in [0.4, 0.5) is 42.1 Å². The molecule has 0 fully saturated rings. The van der Waals surface area contributed by atoms with Crippen molar-refractivity contribution in [1.82, 2.24) is 5.43 Å². The highest BCUT2D eigenvalue weighted by atomic mass is 35.5. The van der Waals surface area contributed by atoms with Gasteiger partial charge < -0.3 is 10.1 Å². The lowest BCUT2D eigenvalue weighted by Gasteiger charge is -2.25.